The second-order valence-corrected chi connectivity index (χ2v) is 5.02. The molecule has 1 heterocycles. The zero-order valence-electron chi connectivity index (χ0n) is 10.5. The number of nitrogens with zero attached hydrogens (tertiary/aromatic N) is 2. The molecule has 0 fully saturated rings. The van der Waals surface area contributed by atoms with Crippen LogP contribution < -0.4 is 5.32 Å². The fourth-order valence-electron chi connectivity index (χ4n) is 1.78. The first-order valence-electron chi connectivity index (χ1n) is 5.61. The van der Waals surface area contributed by atoms with Crippen molar-refractivity contribution in [3.8, 4) is 6.07 Å². The molecule has 2 aromatic rings. The predicted octanol–water partition coefficient (Wildman–Crippen LogP) is 4.22. The number of hydrogen-bond acceptors (Lipinski definition) is 3. The molecule has 0 saturated carbocycles. The number of anilines is 2. The van der Waals surface area contributed by atoms with Crippen LogP contribution in [0.4, 0.5) is 15.9 Å². The summed E-state index contributed by atoms with van der Waals surface area (Å²) in [5.41, 5.74) is 2.66. The Morgan fingerprint density at radius 3 is 2.68 bits per heavy atom. The van der Waals surface area contributed by atoms with Gasteiger partial charge in [-0.25, -0.2) is 9.37 Å². The Bertz CT molecular complexity index is 677. The first kappa shape index (κ1) is 13.5. The minimum Gasteiger partial charge on any atom is -0.339 e. The highest BCUT2D eigenvalue weighted by Crippen LogP contribution is 2.25. The maximum absolute atomic E-state index is 13.5. The maximum atomic E-state index is 13.5. The zero-order chi connectivity index (χ0) is 14.0. The first-order chi connectivity index (χ1) is 9.01. The molecule has 0 aliphatic rings. The lowest BCUT2D eigenvalue weighted by atomic mass is 10.1. The van der Waals surface area contributed by atoms with Crippen LogP contribution in [0.1, 0.15) is 16.8 Å². The van der Waals surface area contributed by atoms with Gasteiger partial charge < -0.3 is 5.32 Å². The summed E-state index contributed by atoms with van der Waals surface area (Å²) in [5.74, 6) is 0.0783. The van der Waals surface area contributed by atoms with Crippen LogP contribution >= 0.6 is 15.9 Å². The Morgan fingerprint density at radius 1 is 1.32 bits per heavy atom. The van der Waals surface area contributed by atoms with Gasteiger partial charge in [0.05, 0.1) is 10.0 Å². The van der Waals surface area contributed by atoms with E-state index < -0.39 is 0 Å². The highest BCUT2D eigenvalue weighted by atomic mass is 79.9. The van der Waals surface area contributed by atoms with Crippen molar-refractivity contribution in [1.82, 2.24) is 4.98 Å². The SMILES string of the molecule is Cc1cc(C)c(C#N)c(Nc2ccc(Br)c(F)c2)n1. The van der Waals surface area contributed by atoms with Gasteiger partial charge in [0, 0.05) is 11.4 Å². The lowest BCUT2D eigenvalue weighted by Gasteiger charge is -2.10. The number of hydrogen-bond donors (Lipinski definition) is 1. The van der Waals surface area contributed by atoms with Gasteiger partial charge in [-0.1, -0.05) is 0 Å². The van der Waals surface area contributed by atoms with E-state index in [1.165, 1.54) is 6.07 Å². The number of rotatable bonds is 2. The van der Waals surface area contributed by atoms with Crippen LogP contribution in [0.2, 0.25) is 0 Å². The number of nitrogens with one attached hydrogen (secondary N) is 1. The van der Waals surface area contributed by atoms with Crippen molar-refractivity contribution >= 4 is 27.4 Å². The van der Waals surface area contributed by atoms with Crippen molar-refractivity contribution in [2.75, 3.05) is 5.32 Å². The standard InChI is InChI=1S/C14H11BrFN3/c1-8-5-9(2)18-14(11(8)7-17)19-10-3-4-12(15)13(16)6-10/h3-6H,1-2H3,(H,18,19). The van der Waals surface area contributed by atoms with Crippen LogP contribution in [0, 0.1) is 31.0 Å². The maximum Gasteiger partial charge on any atom is 0.148 e. The van der Waals surface area contributed by atoms with E-state index in [9.17, 15) is 4.39 Å². The van der Waals surface area contributed by atoms with Gasteiger partial charge in [0.2, 0.25) is 0 Å². The average Bonchev–Trinajstić information content (AvgIpc) is 2.33. The molecule has 0 saturated heterocycles. The summed E-state index contributed by atoms with van der Waals surface area (Å²) in [6.07, 6.45) is 0. The second-order valence-electron chi connectivity index (χ2n) is 4.17. The number of aromatic nitrogens is 1. The Morgan fingerprint density at radius 2 is 2.05 bits per heavy atom. The summed E-state index contributed by atoms with van der Waals surface area (Å²) in [4.78, 5) is 4.28. The fourth-order valence-corrected chi connectivity index (χ4v) is 2.03. The van der Waals surface area contributed by atoms with Crippen LogP contribution in [0.3, 0.4) is 0 Å². The Balaban J connectivity index is 2.43. The summed E-state index contributed by atoms with van der Waals surface area (Å²) in [6, 6.07) is 8.62. The molecule has 0 radical (unpaired) electrons. The van der Waals surface area contributed by atoms with E-state index in [2.05, 4.69) is 32.3 Å². The van der Waals surface area contributed by atoms with Crippen LogP contribution in [-0.4, -0.2) is 4.98 Å². The highest BCUT2D eigenvalue weighted by Gasteiger charge is 2.09. The second kappa shape index (κ2) is 5.37. The number of nitriles is 1. The van der Waals surface area contributed by atoms with Crippen LogP contribution in [0.5, 0.6) is 0 Å². The smallest absolute Gasteiger partial charge is 0.148 e. The number of pyridine rings is 1. The third-order valence-electron chi connectivity index (χ3n) is 2.64. The molecule has 0 aliphatic heterocycles. The Kier molecular flexibility index (Phi) is 3.82. The van der Waals surface area contributed by atoms with Crippen molar-refractivity contribution in [2.24, 2.45) is 0 Å². The minimum atomic E-state index is -0.368. The van der Waals surface area contributed by atoms with Crippen molar-refractivity contribution in [1.29, 1.82) is 5.26 Å². The Hall–Kier alpha value is -1.93. The molecular formula is C14H11BrFN3. The third kappa shape index (κ3) is 2.91. The van der Waals surface area contributed by atoms with Gasteiger partial charge in [0.1, 0.15) is 17.7 Å². The first-order valence-corrected chi connectivity index (χ1v) is 6.41. The Labute approximate surface area is 119 Å². The zero-order valence-corrected chi connectivity index (χ0v) is 12.0. The van der Waals surface area contributed by atoms with Gasteiger partial charge in [-0.15, -0.1) is 0 Å². The molecule has 0 spiro atoms. The molecule has 5 heteroatoms. The number of halogens is 2. The normalized spacial score (nSPS) is 10.1. The van der Waals surface area contributed by atoms with Crippen molar-refractivity contribution in [2.45, 2.75) is 13.8 Å². The van der Waals surface area contributed by atoms with Crippen LogP contribution in [0.25, 0.3) is 0 Å². The van der Waals surface area contributed by atoms with E-state index in [1.54, 1.807) is 12.1 Å². The summed E-state index contributed by atoms with van der Waals surface area (Å²) >= 11 is 3.10. The van der Waals surface area contributed by atoms with E-state index in [4.69, 9.17) is 5.26 Å². The molecule has 3 nitrogen and oxygen atoms in total. The van der Waals surface area contributed by atoms with Gasteiger partial charge in [-0.3, -0.25) is 0 Å². The summed E-state index contributed by atoms with van der Waals surface area (Å²) in [7, 11) is 0. The van der Waals surface area contributed by atoms with Gasteiger partial charge in [0.25, 0.3) is 0 Å². The van der Waals surface area contributed by atoms with Crippen molar-refractivity contribution in [3.63, 3.8) is 0 Å². The molecular weight excluding hydrogens is 309 g/mol. The molecule has 2 rings (SSSR count). The molecule has 0 amide bonds. The monoisotopic (exact) mass is 319 g/mol. The summed E-state index contributed by atoms with van der Waals surface area (Å²) in [5, 5.41) is 12.1. The minimum absolute atomic E-state index is 0.368. The van der Waals surface area contributed by atoms with Gasteiger partial charge in [0.15, 0.2) is 0 Å². The lowest BCUT2D eigenvalue weighted by molar-refractivity contribution is 0.622. The highest BCUT2D eigenvalue weighted by molar-refractivity contribution is 9.10. The predicted molar refractivity (Wildman–Crippen MR) is 75.8 cm³/mol. The van der Waals surface area contributed by atoms with E-state index in [1.807, 2.05) is 19.9 Å². The molecule has 1 aromatic heterocycles. The van der Waals surface area contributed by atoms with Crippen LogP contribution in [0.15, 0.2) is 28.7 Å². The molecule has 0 bridgehead atoms. The number of benzene rings is 1. The molecule has 96 valence electrons. The van der Waals surface area contributed by atoms with E-state index in [-0.39, 0.29) is 5.82 Å². The third-order valence-corrected chi connectivity index (χ3v) is 3.28. The van der Waals surface area contributed by atoms with Gasteiger partial charge >= 0.3 is 0 Å². The van der Waals surface area contributed by atoms with Crippen LogP contribution in [-0.2, 0) is 0 Å². The lowest BCUT2D eigenvalue weighted by Crippen LogP contribution is -2.01. The summed E-state index contributed by atoms with van der Waals surface area (Å²) in [6.45, 7) is 3.70. The van der Waals surface area contributed by atoms with E-state index >= 15 is 0 Å². The van der Waals surface area contributed by atoms with E-state index in [0.717, 1.165) is 11.3 Å². The fraction of sp³-hybridized carbons (Fsp3) is 0.143. The average molecular weight is 320 g/mol. The molecule has 0 unspecified atom stereocenters. The molecule has 0 aliphatic carbocycles. The topological polar surface area (TPSA) is 48.7 Å². The van der Waals surface area contributed by atoms with E-state index in [0.29, 0.717) is 21.5 Å². The van der Waals surface area contributed by atoms with Gasteiger partial charge in [-0.05, 0) is 59.6 Å². The molecule has 19 heavy (non-hydrogen) atoms. The largest absolute Gasteiger partial charge is 0.339 e. The quantitative estimate of drug-likeness (QED) is 0.901. The molecule has 1 N–H and O–H groups in total. The van der Waals surface area contributed by atoms with Crippen molar-refractivity contribution in [3.05, 3.63) is 51.4 Å². The summed E-state index contributed by atoms with van der Waals surface area (Å²) < 4.78 is 13.8. The molecule has 1 aromatic carbocycles. The molecule has 0 atom stereocenters. The van der Waals surface area contributed by atoms with Gasteiger partial charge in [-0.2, -0.15) is 5.26 Å². The van der Waals surface area contributed by atoms with Crippen molar-refractivity contribution < 1.29 is 4.39 Å². The number of aryl methyl sites for hydroxylation is 2.